The highest BCUT2D eigenvalue weighted by molar-refractivity contribution is 5.88. The lowest BCUT2D eigenvalue weighted by atomic mass is 10.0. The van der Waals surface area contributed by atoms with Crippen LogP contribution in [0.4, 0.5) is 10.6 Å². The van der Waals surface area contributed by atoms with E-state index in [0.29, 0.717) is 43.4 Å². The van der Waals surface area contributed by atoms with E-state index in [9.17, 15) is 9.59 Å². The SMILES string of the molecule is NCC1CN(C(=O)Nc2ccn(-c3ccc(CN4C[C@@H]5C(N)[C@@H]5C4)cc3)c(=O)n2)C1. The summed E-state index contributed by atoms with van der Waals surface area (Å²) in [6.45, 7) is 4.90. The predicted molar refractivity (Wildman–Crippen MR) is 113 cm³/mol. The van der Waals surface area contributed by atoms with Crippen molar-refractivity contribution in [3.63, 3.8) is 0 Å². The van der Waals surface area contributed by atoms with Crippen LogP contribution >= 0.6 is 0 Å². The zero-order chi connectivity index (χ0) is 20.8. The number of nitrogens with two attached hydrogens (primary N) is 2. The number of hydrogen-bond donors (Lipinski definition) is 3. The molecule has 5 N–H and O–H groups in total. The number of amides is 2. The number of rotatable bonds is 5. The summed E-state index contributed by atoms with van der Waals surface area (Å²) in [5, 5.41) is 2.67. The van der Waals surface area contributed by atoms with E-state index in [-0.39, 0.29) is 11.8 Å². The van der Waals surface area contributed by atoms with Crippen molar-refractivity contribution < 1.29 is 4.79 Å². The largest absolute Gasteiger partial charge is 0.354 e. The highest BCUT2D eigenvalue weighted by Gasteiger charge is 2.53. The van der Waals surface area contributed by atoms with Crippen molar-refractivity contribution in [3.05, 3.63) is 52.6 Å². The Morgan fingerprint density at radius 1 is 1.10 bits per heavy atom. The summed E-state index contributed by atoms with van der Waals surface area (Å²) in [7, 11) is 0. The molecule has 1 unspecified atom stereocenters. The van der Waals surface area contributed by atoms with Crippen molar-refractivity contribution in [3.8, 4) is 5.69 Å². The lowest BCUT2D eigenvalue weighted by Gasteiger charge is -2.38. The van der Waals surface area contributed by atoms with Gasteiger partial charge in [-0.1, -0.05) is 12.1 Å². The molecule has 30 heavy (non-hydrogen) atoms. The Labute approximate surface area is 174 Å². The van der Waals surface area contributed by atoms with E-state index in [2.05, 4.69) is 15.2 Å². The maximum absolute atomic E-state index is 12.5. The zero-order valence-corrected chi connectivity index (χ0v) is 16.8. The third-order valence-corrected chi connectivity index (χ3v) is 6.57. The molecule has 3 heterocycles. The Hall–Kier alpha value is -2.75. The highest BCUT2D eigenvalue weighted by atomic mass is 16.2. The third kappa shape index (κ3) is 3.60. The number of piperidine rings is 1. The van der Waals surface area contributed by atoms with E-state index >= 15 is 0 Å². The predicted octanol–water partition coefficient (Wildman–Crippen LogP) is 0.0438. The van der Waals surface area contributed by atoms with Crippen LogP contribution in [-0.4, -0.2) is 64.1 Å². The molecule has 1 saturated carbocycles. The molecule has 0 bridgehead atoms. The molecular formula is C21H27N7O2. The van der Waals surface area contributed by atoms with Crippen LogP contribution in [0.3, 0.4) is 0 Å². The van der Waals surface area contributed by atoms with Crippen LogP contribution in [-0.2, 0) is 6.54 Å². The van der Waals surface area contributed by atoms with Crippen molar-refractivity contribution in [1.82, 2.24) is 19.4 Å². The first-order chi connectivity index (χ1) is 14.5. The second kappa shape index (κ2) is 7.50. The fraction of sp³-hybridized carbons (Fsp3) is 0.476. The number of fused-ring (bicyclic) bond motifs is 1. The molecule has 1 aromatic heterocycles. The maximum Gasteiger partial charge on any atom is 0.354 e. The number of carbonyl (C=O) groups excluding carboxylic acids is 1. The summed E-state index contributed by atoms with van der Waals surface area (Å²) in [5.74, 6) is 1.96. The quantitative estimate of drug-likeness (QED) is 0.641. The minimum atomic E-state index is -0.433. The Kier molecular flexibility index (Phi) is 4.80. The lowest BCUT2D eigenvalue weighted by molar-refractivity contribution is 0.135. The molecule has 3 atom stereocenters. The number of hydrogen-bond acceptors (Lipinski definition) is 6. The molecule has 0 radical (unpaired) electrons. The van der Waals surface area contributed by atoms with Gasteiger partial charge in [0.25, 0.3) is 0 Å². The van der Waals surface area contributed by atoms with E-state index in [1.807, 2.05) is 24.3 Å². The molecule has 9 heteroatoms. The molecule has 2 amide bonds. The molecule has 2 aromatic rings. The number of anilines is 1. The normalized spacial score (nSPS) is 25.7. The standard InChI is InChI=1S/C21H27N7O2/c22-7-14-9-27(10-14)20(29)24-18-5-6-28(21(30)25-18)15-3-1-13(2-4-15)8-26-11-16-17(12-26)19(16)23/h1-6,14,16-17,19H,7-12,22-23H2,(H,24,25,29,30)/t16-,17+,19?. The Bertz CT molecular complexity index is 987. The van der Waals surface area contributed by atoms with Crippen molar-refractivity contribution in [1.29, 1.82) is 0 Å². The third-order valence-electron chi connectivity index (χ3n) is 6.57. The maximum atomic E-state index is 12.5. The average Bonchev–Trinajstić information content (AvgIpc) is 3.09. The molecule has 9 nitrogen and oxygen atoms in total. The first-order valence-electron chi connectivity index (χ1n) is 10.4. The summed E-state index contributed by atoms with van der Waals surface area (Å²) in [5.41, 5.74) is 13.1. The number of nitrogens with zero attached hydrogens (tertiary/aromatic N) is 4. The van der Waals surface area contributed by atoms with Gasteiger partial charge in [0.1, 0.15) is 5.82 Å². The van der Waals surface area contributed by atoms with Gasteiger partial charge in [-0.05, 0) is 42.1 Å². The van der Waals surface area contributed by atoms with E-state index in [1.54, 1.807) is 17.2 Å². The fourth-order valence-corrected chi connectivity index (χ4v) is 4.55. The number of nitrogens with one attached hydrogen (secondary N) is 1. The zero-order valence-electron chi connectivity index (χ0n) is 16.8. The van der Waals surface area contributed by atoms with Crippen molar-refractivity contribution >= 4 is 11.8 Å². The summed E-state index contributed by atoms with van der Waals surface area (Å²) in [4.78, 5) is 32.7. The van der Waals surface area contributed by atoms with Gasteiger partial charge in [-0.2, -0.15) is 4.98 Å². The fourth-order valence-electron chi connectivity index (χ4n) is 4.55. The highest BCUT2D eigenvalue weighted by Crippen LogP contribution is 2.44. The molecule has 1 aliphatic carbocycles. The summed E-state index contributed by atoms with van der Waals surface area (Å²) >= 11 is 0. The minimum absolute atomic E-state index is 0.250. The van der Waals surface area contributed by atoms with Gasteiger partial charge in [-0.3, -0.25) is 14.8 Å². The minimum Gasteiger partial charge on any atom is -0.330 e. The van der Waals surface area contributed by atoms with Gasteiger partial charge >= 0.3 is 11.7 Å². The van der Waals surface area contributed by atoms with Crippen molar-refractivity contribution in [2.24, 2.45) is 29.2 Å². The van der Waals surface area contributed by atoms with Crippen LogP contribution in [0.5, 0.6) is 0 Å². The van der Waals surface area contributed by atoms with E-state index in [0.717, 1.165) is 25.3 Å². The molecule has 2 saturated heterocycles. The smallest absolute Gasteiger partial charge is 0.330 e. The van der Waals surface area contributed by atoms with Gasteiger partial charge in [0, 0.05) is 50.9 Å². The molecule has 158 valence electrons. The monoisotopic (exact) mass is 409 g/mol. The topological polar surface area (TPSA) is 123 Å². The molecule has 3 aliphatic rings. The van der Waals surface area contributed by atoms with Crippen LogP contribution in [0.1, 0.15) is 5.56 Å². The van der Waals surface area contributed by atoms with Crippen LogP contribution < -0.4 is 22.5 Å². The molecule has 5 rings (SSSR count). The summed E-state index contributed by atoms with van der Waals surface area (Å²) in [6, 6.07) is 9.71. The number of urea groups is 1. The second-order valence-corrected chi connectivity index (χ2v) is 8.67. The van der Waals surface area contributed by atoms with Gasteiger partial charge < -0.3 is 16.4 Å². The van der Waals surface area contributed by atoms with Crippen molar-refractivity contribution in [2.45, 2.75) is 12.6 Å². The van der Waals surface area contributed by atoms with Gasteiger partial charge in [0.05, 0.1) is 5.69 Å². The van der Waals surface area contributed by atoms with Crippen LogP contribution in [0.25, 0.3) is 5.69 Å². The van der Waals surface area contributed by atoms with Crippen molar-refractivity contribution in [2.75, 3.05) is 38.0 Å². The summed E-state index contributed by atoms with van der Waals surface area (Å²) < 4.78 is 1.47. The van der Waals surface area contributed by atoms with E-state index in [4.69, 9.17) is 11.5 Å². The average molecular weight is 409 g/mol. The number of benzene rings is 1. The lowest BCUT2D eigenvalue weighted by Crippen LogP contribution is -2.54. The van der Waals surface area contributed by atoms with Crippen LogP contribution in [0, 0.1) is 17.8 Å². The number of likely N-dealkylation sites (tertiary alicyclic amines) is 2. The molecule has 3 fully saturated rings. The first kappa shape index (κ1) is 19.2. The second-order valence-electron chi connectivity index (χ2n) is 8.67. The first-order valence-corrected chi connectivity index (χ1v) is 10.4. The van der Waals surface area contributed by atoms with Crippen LogP contribution in [0.2, 0.25) is 0 Å². The van der Waals surface area contributed by atoms with Gasteiger partial charge in [-0.25, -0.2) is 9.59 Å². The molecule has 2 aliphatic heterocycles. The number of carbonyl (C=O) groups is 1. The van der Waals surface area contributed by atoms with Gasteiger partial charge in [0.15, 0.2) is 0 Å². The van der Waals surface area contributed by atoms with Crippen LogP contribution in [0.15, 0.2) is 41.3 Å². The Balaban J connectivity index is 1.20. The Morgan fingerprint density at radius 3 is 2.43 bits per heavy atom. The van der Waals surface area contributed by atoms with Gasteiger partial charge in [-0.15, -0.1) is 0 Å². The number of aromatic nitrogens is 2. The molecule has 1 aromatic carbocycles. The summed E-state index contributed by atoms with van der Waals surface area (Å²) in [6.07, 6.45) is 1.63. The van der Waals surface area contributed by atoms with E-state index in [1.165, 1.54) is 10.1 Å². The van der Waals surface area contributed by atoms with E-state index < -0.39 is 5.69 Å². The molecule has 0 spiro atoms. The Morgan fingerprint density at radius 2 is 1.80 bits per heavy atom. The molecular weight excluding hydrogens is 382 g/mol. The van der Waals surface area contributed by atoms with Gasteiger partial charge in [0.2, 0.25) is 0 Å².